The fourth-order valence-corrected chi connectivity index (χ4v) is 7.81. The molecule has 8 heteroatoms. The summed E-state index contributed by atoms with van der Waals surface area (Å²) in [6.45, 7) is 35.5. The van der Waals surface area contributed by atoms with Gasteiger partial charge in [0.05, 0.1) is 55.6 Å². The highest BCUT2D eigenvalue weighted by atomic mass is 16.7. The van der Waals surface area contributed by atoms with Gasteiger partial charge in [0, 0.05) is 49.7 Å². The van der Waals surface area contributed by atoms with E-state index in [1.165, 1.54) is 12.8 Å². The summed E-state index contributed by atoms with van der Waals surface area (Å²) >= 11 is 0. The molecule has 4 heterocycles. The van der Waals surface area contributed by atoms with Gasteiger partial charge in [0.25, 0.3) is 0 Å². The van der Waals surface area contributed by atoms with Gasteiger partial charge in [-0.15, -0.1) is 0 Å². The number of aliphatic hydroxyl groups is 2. The normalized spacial score (nSPS) is 39.6. The molecule has 8 nitrogen and oxygen atoms in total. The third kappa shape index (κ3) is 13.1. The van der Waals surface area contributed by atoms with E-state index in [1.807, 2.05) is 27.7 Å². The van der Waals surface area contributed by atoms with Crippen LogP contribution in [0, 0.1) is 29.6 Å². The summed E-state index contributed by atoms with van der Waals surface area (Å²) in [4.78, 5) is 2.52. The van der Waals surface area contributed by atoms with Crippen molar-refractivity contribution < 1.29 is 33.9 Å². The van der Waals surface area contributed by atoms with Crippen molar-refractivity contribution in [2.45, 2.75) is 183 Å². The Bertz CT molecular complexity index is 851. The van der Waals surface area contributed by atoms with Gasteiger partial charge >= 0.3 is 0 Å². The maximum absolute atomic E-state index is 11.6. The van der Waals surface area contributed by atoms with Crippen LogP contribution in [0.2, 0.25) is 0 Å². The molecule has 4 aliphatic heterocycles. The second kappa shape index (κ2) is 22.9. The minimum atomic E-state index is -0.673. The van der Waals surface area contributed by atoms with Crippen molar-refractivity contribution in [3.05, 3.63) is 12.3 Å². The molecular formula is C40H79NO7. The number of ether oxygens (including phenoxy) is 5. The largest absolute Gasteiger partial charge is 0.495 e. The summed E-state index contributed by atoms with van der Waals surface area (Å²) in [5.74, 6) is 0.519. The molecule has 13 atom stereocenters. The number of nitrogens with zero attached hydrogens (tertiary/aromatic N) is 1. The first-order valence-corrected chi connectivity index (χ1v) is 19.7. The molecule has 4 saturated heterocycles. The van der Waals surface area contributed by atoms with E-state index in [1.54, 1.807) is 0 Å². The van der Waals surface area contributed by atoms with Crippen LogP contribution >= 0.6 is 0 Å². The van der Waals surface area contributed by atoms with Gasteiger partial charge in [-0.3, -0.25) is 4.90 Å². The Morgan fingerprint density at radius 3 is 2.10 bits per heavy atom. The molecule has 4 aliphatic rings. The zero-order chi connectivity index (χ0) is 36.6. The summed E-state index contributed by atoms with van der Waals surface area (Å²) < 4.78 is 31.9. The molecule has 0 amide bonds. The molecule has 48 heavy (non-hydrogen) atoms. The quantitative estimate of drug-likeness (QED) is 0.277. The molecule has 0 spiro atoms. The van der Waals surface area contributed by atoms with Crippen LogP contribution in [0.25, 0.3) is 0 Å². The highest BCUT2D eigenvalue weighted by Gasteiger charge is 2.53. The van der Waals surface area contributed by atoms with Crippen LogP contribution in [0.4, 0.5) is 0 Å². The van der Waals surface area contributed by atoms with Crippen LogP contribution < -0.4 is 0 Å². The predicted molar refractivity (Wildman–Crippen MR) is 198 cm³/mol. The first-order chi connectivity index (χ1) is 22.8. The smallest absolute Gasteiger partial charge is 0.159 e. The Kier molecular flexibility index (Phi) is 21.6. The lowest BCUT2D eigenvalue weighted by Gasteiger charge is -2.44. The lowest BCUT2D eigenvalue weighted by molar-refractivity contribution is -0.226. The summed E-state index contributed by atoms with van der Waals surface area (Å²) in [6.07, 6.45) is 4.87. The number of morpholine rings is 1. The standard InChI is InChI=1S/C32H57NO7.2C3H8.C2H6/c1-9-26(34)16-28-23(6)31-19(2)17-32(8,40-31)27(22(5)30(35)21(4)24(7)39-28)18-37-29-15-25(14-20(3)38-29)33-10-12-36-13-11-33;2*1-3-2;1-2/h19-23,25-31,34-35H,7,9-18H2,1-6,8H3;2*3H2,1-2H3;1-2H3/t19?,20?,21-,22?,23+,25?,26+,27+,28?,29?,30+,31?,32-;;;/m0.../s1. The van der Waals surface area contributed by atoms with E-state index < -0.39 is 17.8 Å². The fraction of sp³-hybridized carbons (Fsp3) is 0.950. The molecule has 2 N–H and O–H groups in total. The molecule has 0 saturated carbocycles. The van der Waals surface area contributed by atoms with Crippen LogP contribution in [-0.2, 0) is 23.7 Å². The van der Waals surface area contributed by atoms with E-state index in [-0.39, 0.29) is 48.3 Å². The Morgan fingerprint density at radius 2 is 1.54 bits per heavy atom. The van der Waals surface area contributed by atoms with E-state index in [0.717, 1.165) is 45.6 Å². The second-order valence-electron chi connectivity index (χ2n) is 15.0. The molecule has 286 valence electrons. The van der Waals surface area contributed by atoms with E-state index in [2.05, 4.69) is 73.8 Å². The molecule has 0 aromatic carbocycles. The fourth-order valence-electron chi connectivity index (χ4n) is 7.81. The number of hydrogen-bond acceptors (Lipinski definition) is 8. The molecule has 0 aromatic rings. The monoisotopic (exact) mass is 686 g/mol. The Labute approximate surface area is 296 Å². The first kappa shape index (κ1) is 45.3. The van der Waals surface area contributed by atoms with Gasteiger partial charge in [0.15, 0.2) is 6.29 Å². The lowest BCUT2D eigenvalue weighted by atomic mass is 9.72. The third-order valence-electron chi connectivity index (χ3n) is 10.5. The zero-order valence-electron chi connectivity index (χ0n) is 33.5. The Morgan fingerprint density at radius 1 is 0.958 bits per heavy atom. The van der Waals surface area contributed by atoms with E-state index >= 15 is 0 Å². The minimum Gasteiger partial charge on any atom is -0.495 e. The summed E-state index contributed by atoms with van der Waals surface area (Å²) in [6, 6.07) is 0.424. The molecule has 4 rings (SSSR count). The van der Waals surface area contributed by atoms with Crippen LogP contribution in [0.1, 0.15) is 135 Å². The Balaban J connectivity index is 0.00000132. The predicted octanol–water partition coefficient (Wildman–Crippen LogP) is 8.23. The number of rotatable bonds is 7. The molecule has 0 aliphatic carbocycles. The molecule has 2 bridgehead atoms. The van der Waals surface area contributed by atoms with Crippen molar-refractivity contribution in [3.8, 4) is 0 Å². The van der Waals surface area contributed by atoms with Crippen molar-refractivity contribution in [2.24, 2.45) is 29.6 Å². The summed E-state index contributed by atoms with van der Waals surface area (Å²) in [5, 5.41) is 22.2. The van der Waals surface area contributed by atoms with E-state index in [0.29, 0.717) is 37.2 Å². The van der Waals surface area contributed by atoms with Crippen molar-refractivity contribution in [1.29, 1.82) is 0 Å². The molecule has 4 fully saturated rings. The van der Waals surface area contributed by atoms with Gasteiger partial charge in [0.1, 0.15) is 6.10 Å². The third-order valence-corrected chi connectivity index (χ3v) is 10.5. The van der Waals surface area contributed by atoms with Gasteiger partial charge in [-0.1, -0.05) is 95.6 Å². The summed E-state index contributed by atoms with van der Waals surface area (Å²) in [7, 11) is 0. The average Bonchev–Trinajstić information content (AvgIpc) is 3.38. The van der Waals surface area contributed by atoms with Crippen molar-refractivity contribution in [3.63, 3.8) is 0 Å². The molecule has 0 aromatic heterocycles. The van der Waals surface area contributed by atoms with Crippen molar-refractivity contribution in [1.82, 2.24) is 4.90 Å². The minimum absolute atomic E-state index is 0.0243. The average molecular weight is 686 g/mol. The van der Waals surface area contributed by atoms with Gasteiger partial charge < -0.3 is 33.9 Å². The van der Waals surface area contributed by atoms with Crippen molar-refractivity contribution >= 4 is 0 Å². The number of hydrogen-bond donors (Lipinski definition) is 2. The van der Waals surface area contributed by atoms with Crippen LogP contribution in [-0.4, -0.2) is 96.5 Å². The van der Waals surface area contributed by atoms with Gasteiger partial charge in [-0.05, 0) is 44.9 Å². The van der Waals surface area contributed by atoms with Crippen LogP contribution in [0.5, 0.6) is 0 Å². The van der Waals surface area contributed by atoms with Crippen LogP contribution in [0.3, 0.4) is 0 Å². The molecule has 7 unspecified atom stereocenters. The highest BCUT2D eigenvalue weighted by molar-refractivity contribution is 5.04. The highest BCUT2D eigenvalue weighted by Crippen LogP contribution is 2.48. The Hall–Kier alpha value is -0.740. The van der Waals surface area contributed by atoms with Gasteiger partial charge in [0.2, 0.25) is 0 Å². The summed E-state index contributed by atoms with van der Waals surface area (Å²) in [5.41, 5.74) is -0.470. The number of fused-ring (bicyclic) bond motifs is 2. The SMILES string of the molecule is C=C1OC(C[C@H](O)CC)[C@@H](C)C2O[C@@](C)(CC2C)[C@H](COC2CC(N3CCOCC3)CC(C)O2)C(C)[C@H](O)[C@H]1C.CC.CCC.CCC. The van der Waals surface area contributed by atoms with Gasteiger partial charge in [-0.2, -0.15) is 0 Å². The van der Waals surface area contributed by atoms with E-state index in [9.17, 15) is 10.2 Å². The second-order valence-corrected chi connectivity index (χ2v) is 15.0. The zero-order valence-corrected chi connectivity index (χ0v) is 33.5. The molecule has 0 radical (unpaired) electrons. The maximum atomic E-state index is 11.6. The topological polar surface area (TPSA) is 89.9 Å². The maximum Gasteiger partial charge on any atom is 0.159 e. The van der Waals surface area contributed by atoms with E-state index in [4.69, 9.17) is 23.7 Å². The van der Waals surface area contributed by atoms with Crippen molar-refractivity contribution in [2.75, 3.05) is 32.9 Å². The number of aliphatic hydroxyl groups excluding tert-OH is 2. The van der Waals surface area contributed by atoms with Gasteiger partial charge in [-0.25, -0.2) is 0 Å². The first-order valence-electron chi connectivity index (χ1n) is 19.7. The lowest BCUT2D eigenvalue weighted by Crippen LogP contribution is -2.51. The molecular weight excluding hydrogens is 606 g/mol. The van der Waals surface area contributed by atoms with Crippen LogP contribution in [0.15, 0.2) is 12.3 Å².